The molecule has 1 radical (unpaired) electrons. The maximum atomic E-state index is 5.91. The summed E-state index contributed by atoms with van der Waals surface area (Å²) in [5, 5.41) is 0. The Morgan fingerprint density at radius 2 is 1.95 bits per heavy atom. The predicted octanol–water partition coefficient (Wildman–Crippen LogP) is 3.16. The van der Waals surface area contributed by atoms with Gasteiger partial charge in [0.25, 0.3) is 0 Å². The average Bonchev–Trinajstić information content (AvgIpc) is 3.24. The molecular weight excluding hydrogens is 272 g/mol. The minimum absolute atomic E-state index is 0.316. The van der Waals surface area contributed by atoms with Crippen LogP contribution in [0.4, 0.5) is 0 Å². The van der Waals surface area contributed by atoms with E-state index in [1.807, 2.05) is 0 Å². The summed E-state index contributed by atoms with van der Waals surface area (Å²) in [6.07, 6.45) is 5.04. The van der Waals surface area contributed by atoms with Gasteiger partial charge in [0.2, 0.25) is 0 Å². The van der Waals surface area contributed by atoms with Crippen LogP contribution in [0.1, 0.15) is 46.5 Å². The average molecular weight is 303 g/mol. The van der Waals surface area contributed by atoms with Crippen LogP contribution in [0.3, 0.4) is 0 Å². The Hall–Kier alpha value is 0.0569. The molecule has 0 aromatic rings. The molecule has 3 unspecified atom stereocenters. The van der Waals surface area contributed by atoms with Crippen molar-refractivity contribution in [1.29, 1.82) is 0 Å². The highest BCUT2D eigenvalue weighted by molar-refractivity contribution is 6.42. The van der Waals surface area contributed by atoms with Gasteiger partial charge in [0.05, 0.1) is 19.3 Å². The second kappa shape index (κ2) is 10.7. The molecule has 1 saturated heterocycles. The van der Waals surface area contributed by atoms with Crippen molar-refractivity contribution in [2.75, 3.05) is 26.4 Å². The summed E-state index contributed by atoms with van der Waals surface area (Å²) >= 11 is 0. The Morgan fingerprint density at radius 1 is 1.25 bits per heavy atom. The van der Waals surface area contributed by atoms with Crippen molar-refractivity contribution in [3.63, 3.8) is 0 Å². The Morgan fingerprint density at radius 3 is 2.55 bits per heavy atom. The second-order valence-electron chi connectivity index (χ2n) is 5.54. The van der Waals surface area contributed by atoms with E-state index in [1.165, 1.54) is 6.42 Å². The van der Waals surface area contributed by atoms with Gasteiger partial charge in [-0.15, -0.1) is 0 Å². The largest absolute Gasteiger partial charge is 0.394 e. The molecule has 119 valence electrons. The number of hydrogen-bond donors (Lipinski definition) is 0. The molecule has 0 amide bonds. The van der Waals surface area contributed by atoms with Gasteiger partial charge in [-0.05, 0) is 31.7 Å². The fraction of sp³-hybridized carbons (Fsp3) is 1.00. The monoisotopic (exact) mass is 303 g/mol. The third kappa shape index (κ3) is 8.37. The Balaban J connectivity index is 2.05. The normalized spacial score (nSPS) is 21.1. The van der Waals surface area contributed by atoms with Gasteiger partial charge < -0.3 is 18.3 Å². The summed E-state index contributed by atoms with van der Waals surface area (Å²) in [5.74, 6) is 0.518. The molecule has 4 nitrogen and oxygen atoms in total. The SMILES string of the molecule is CCCCO[Si](C)OCCC(C)C(CC)OCC1CO1. The van der Waals surface area contributed by atoms with Crippen LogP contribution in [0.2, 0.25) is 6.55 Å². The molecule has 0 aromatic heterocycles. The summed E-state index contributed by atoms with van der Waals surface area (Å²) in [6.45, 7) is 11.9. The molecular formula is C15H31O4Si. The minimum atomic E-state index is -1.07. The van der Waals surface area contributed by atoms with E-state index >= 15 is 0 Å². The highest BCUT2D eigenvalue weighted by Gasteiger charge is 2.25. The third-order valence-corrected chi connectivity index (χ3v) is 4.84. The molecule has 1 fully saturated rings. The summed E-state index contributed by atoms with van der Waals surface area (Å²) in [6, 6.07) is 0. The van der Waals surface area contributed by atoms with Crippen LogP contribution >= 0.6 is 0 Å². The fourth-order valence-corrected chi connectivity index (χ4v) is 2.98. The predicted molar refractivity (Wildman–Crippen MR) is 82.0 cm³/mol. The van der Waals surface area contributed by atoms with Crippen LogP contribution in [0.15, 0.2) is 0 Å². The van der Waals surface area contributed by atoms with Crippen molar-refractivity contribution in [2.24, 2.45) is 5.92 Å². The molecule has 0 saturated carbocycles. The molecule has 0 aliphatic carbocycles. The van der Waals surface area contributed by atoms with E-state index in [0.29, 0.717) is 18.1 Å². The lowest BCUT2D eigenvalue weighted by atomic mass is 9.99. The topological polar surface area (TPSA) is 40.2 Å². The summed E-state index contributed by atoms with van der Waals surface area (Å²) in [7, 11) is -1.07. The molecule has 0 bridgehead atoms. The molecule has 20 heavy (non-hydrogen) atoms. The fourth-order valence-electron chi connectivity index (χ4n) is 2.06. The molecule has 0 N–H and O–H groups in total. The van der Waals surface area contributed by atoms with E-state index < -0.39 is 9.28 Å². The van der Waals surface area contributed by atoms with Crippen LogP contribution in [0.25, 0.3) is 0 Å². The first-order valence-electron chi connectivity index (χ1n) is 7.99. The van der Waals surface area contributed by atoms with Gasteiger partial charge in [0.1, 0.15) is 6.10 Å². The van der Waals surface area contributed by atoms with Gasteiger partial charge in [-0.1, -0.05) is 27.2 Å². The van der Waals surface area contributed by atoms with Gasteiger partial charge in [-0.3, -0.25) is 0 Å². The van der Waals surface area contributed by atoms with Crippen LogP contribution < -0.4 is 0 Å². The standard InChI is InChI=1S/C15H31O4Si/c1-5-7-9-18-20(4)19-10-8-13(3)15(6-2)17-12-14-11-16-14/h13-15H,5-12H2,1-4H3. The van der Waals surface area contributed by atoms with Gasteiger partial charge in [0, 0.05) is 13.2 Å². The number of unbranched alkanes of at least 4 members (excludes halogenated alkanes) is 1. The molecule has 1 heterocycles. The lowest BCUT2D eigenvalue weighted by Gasteiger charge is -2.23. The molecule has 1 rings (SSSR count). The maximum Gasteiger partial charge on any atom is 0.381 e. The van der Waals surface area contributed by atoms with Gasteiger partial charge in [0.15, 0.2) is 0 Å². The van der Waals surface area contributed by atoms with Crippen molar-refractivity contribution in [3.05, 3.63) is 0 Å². The van der Waals surface area contributed by atoms with Crippen molar-refractivity contribution in [1.82, 2.24) is 0 Å². The zero-order valence-corrected chi connectivity index (χ0v) is 14.5. The highest BCUT2D eigenvalue weighted by atomic mass is 28.3. The Kier molecular flexibility index (Phi) is 9.72. The lowest BCUT2D eigenvalue weighted by molar-refractivity contribution is 0.000798. The van der Waals surface area contributed by atoms with Crippen molar-refractivity contribution < 1.29 is 18.3 Å². The van der Waals surface area contributed by atoms with E-state index in [1.54, 1.807) is 0 Å². The highest BCUT2D eigenvalue weighted by Crippen LogP contribution is 2.18. The first-order valence-corrected chi connectivity index (χ1v) is 9.81. The van der Waals surface area contributed by atoms with E-state index in [2.05, 4.69) is 27.3 Å². The first kappa shape index (κ1) is 18.1. The first-order chi connectivity index (χ1) is 9.67. The number of hydrogen-bond acceptors (Lipinski definition) is 4. The van der Waals surface area contributed by atoms with Crippen molar-refractivity contribution in [2.45, 2.75) is 65.2 Å². The van der Waals surface area contributed by atoms with Crippen LogP contribution in [-0.4, -0.2) is 47.9 Å². The second-order valence-corrected chi connectivity index (χ2v) is 7.10. The van der Waals surface area contributed by atoms with Crippen molar-refractivity contribution in [3.8, 4) is 0 Å². The molecule has 0 spiro atoms. The molecule has 0 aromatic carbocycles. The van der Waals surface area contributed by atoms with Gasteiger partial charge in [-0.2, -0.15) is 0 Å². The smallest absolute Gasteiger partial charge is 0.381 e. The summed E-state index contributed by atoms with van der Waals surface area (Å²) in [5.41, 5.74) is 0. The van der Waals surface area contributed by atoms with Gasteiger partial charge in [-0.25, -0.2) is 0 Å². The van der Waals surface area contributed by atoms with Gasteiger partial charge >= 0.3 is 9.28 Å². The van der Waals surface area contributed by atoms with E-state index in [9.17, 15) is 0 Å². The van der Waals surface area contributed by atoms with E-state index in [0.717, 1.165) is 45.7 Å². The molecule has 1 aliphatic heterocycles. The lowest BCUT2D eigenvalue weighted by Crippen LogP contribution is -2.26. The molecule has 1 aliphatic rings. The van der Waals surface area contributed by atoms with Crippen molar-refractivity contribution >= 4 is 9.28 Å². The quantitative estimate of drug-likeness (QED) is 0.298. The Bertz CT molecular complexity index is 236. The zero-order valence-electron chi connectivity index (χ0n) is 13.5. The van der Waals surface area contributed by atoms with E-state index in [-0.39, 0.29) is 0 Å². The number of ether oxygens (including phenoxy) is 2. The van der Waals surface area contributed by atoms with Crippen LogP contribution in [0.5, 0.6) is 0 Å². The molecule has 3 atom stereocenters. The summed E-state index contributed by atoms with van der Waals surface area (Å²) in [4.78, 5) is 0. The van der Waals surface area contributed by atoms with Crippen LogP contribution in [-0.2, 0) is 18.3 Å². The third-order valence-electron chi connectivity index (χ3n) is 3.62. The number of epoxide rings is 1. The molecule has 5 heteroatoms. The zero-order chi connectivity index (χ0) is 14.8. The summed E-state index contributed by atoms with van der Waals surface area (Å²) < 4.78 is 22.6. The maximum absolute atomic E-state index is 5.91. The van der Waals surface area contributed by atoms with E-state index in [4.69, 9.17) is 18.3 Å². The number of rotatable bonds is 13. The minimum Gasteiger partial charge on any atom is -0.394 e. The Labute approximate surface area is 126 Å². The van der Waals surface area contributed by atoms with Crippen LogP contribution in [0, 0.1) is 5.92 Å².